The maximum Gasteiger partial charge on any atom is 0.238 e. The van der Waals surface area contributed by atoms with Crippen LogP contribution >= 0.6 is 0 Å². The molecule has 0 bridgehead atoms. The van der Waals surface area contributed by atoms with Crippen LogP contribution in [0.15, 0.2) is 43.0 Å². The van der Waals surface area contributed by atoms with Crippen molar-refractivity contribution in [2.75, 3.05) is 6.26 Å². The summed E-state index contributed by atoms with van der Waals surface area (Å²) in [7, 11) is -3.39. The third kappa shape index (κ3) is 3.73. The molecule has 118 valence electrons. The molecule has 1 aromatic carbocycles. The molecule has 2 atom stereocenters. The van der Waals surface area contributed by atoms with Crippen LogP contribution in [0.25, 0.3) is 5.69 Å². The van der Waals surface area contributed by atoms with E-state index in [1.54, 1.807) is 12.5 Å². The Morgan fingerprint density at radius 2 is 1.86 bits per heavy atom. The summed E-state index contributed by atoms with van der Waals surface area (Å²) in [5.41, 5.74) is 1.86. The molecule has 2 aromatic rings. The summed E-state index contributed by atoms with van der Waals surface area (Å²) in [6.07, 6.45) is 6.30. The second-order valence-electron chi connectivity index (χ2n) is 5.26. The first-order chi connectivity index (χ1) is 10.3. The van der Waals surface area contributed by atoms with Gasteiger partial charge in [-0.1, -0.05) is 12.1 Å². The van der Waals surface area contributed by atoms with E-state index in [1.165, 1.54) is 6.92 Å². The van der Waals surface area contributed by atoms with Gasteiger partial charge in [0, 0.05) is 24.3 Å². The van der Waals surface area contributed by atoms with Gasteiger partial charge in [-0.05, 0) is 31.5 Å². The number of hydrogen-bond acceptors (Lipinski definition) is 4. The van der Waals surface area contributed by atoms with Gasteiger partial charge in [0.2, 0.25) is 5.91 Å². The lowest BCUT2D eigenvalue weighted by Crippen LogP contribution is -2.38. The summed E-state index contributed by atoms with van der Waals surface area (Å²) >= 11 is 0. The van der Waals surface area contributed by atoms with E-state index in [4.69, 9.17) is 0 Å². The average Bonchev–Trinajstić information content (AvgIpc) is 2.99. The number of hydrogen-bond donors (Lipinski definition) is 1. The van der Waals surface area contributed by atoms with E-state index >= 15 is 0 Å². The van der Waals surface area contributed by atoms with Crippen molar-refractivity contribution in [2.24, 2.45) is 0 Å². The van der Waals surface area contributed by atoms with Crippen LogP contribution in [0.2, 0.25) is 0 Å². The molecule has 0 aliphatic carbocycles. The number of benzene rings is 1. The second kappa shape index (κ2) is 6.31. The zero-order chi connectivity index (χ0) is 16.3. The minimum absolute atomic E-state index is 0.270. The van der Waals surface area contributed by atoms with Crippen LogP contribution in [0.5, 0.6) is 0 Å². The number of carbonyl (C=O) groups is 1. The molecule has 2 rings (SSSR count). The Kier molecular flexibility index (Phi) is 4.65. The number of imidazole rings is 1. The molecule has 1 N–H and O–H groups in total. The maximum atomic E-state index is 11.9. The molecule has 1 aromatic heterocycles. The van der Waals surface area contributed by atoms with E-state index in [2.05, 4.69) is 10.3 Å². The molecule has 0 aliphatic heterocycles. The van der Waals surface area contributed by atoms with Gasteiger partial charge in [0.25, 0.3) is 0 Å². The van der Waals surface area contributed by atoms with E-state index < -0.39 is 21.0 Å². The summed E-state index contributed by atoms with van der Waals surface area (Å²) in [5.74, 6) is -0.492. The highest BCUT2D eigenvalue weighted by Gasteiger charge is 2.24. The highest BCUT2D eigenvalue weighted by Crippen LogP contribution is 2.16. The van der Waals surface area contributed by atoms with Gasteiger partial charge in [-0.2, -0.15) is 0 Å². The lowest BCUT2D eigenvalue weighted by molar-refractivity contribution is -0.121. The highest BCUT2D eigenvalue weighted by molar-refractivity contribution is 7.92. The van der Waals surface area contributed by atoms with Crippen LogP contribution in [0, 0.1) is 0 Å². The van der Waals surface area contributed by atoms with Crippen LogP contribution in [0.4, 0.5) is 0 Å². The van der Waals surface area contributed by atoms with Crippen molar-refractivity contribution in [3.8, 4) is 5.69 Å². The number of nitrogens with one attached hydrogen (secondary N) is 1. The largest absolute Gasteiger partial charge is 0.348 e. The molecule has 0 fully saturated rings. The van der Waals surface area contributed by atoms with Gasteiger partial charge in [0.05, 0.1) is 12.4 Å². The standard InChI is InChI=1S/C15H19N3O3S/c1-11(17-15(19)12(2)22(3,20)21)13-4-6-14(7-5-13)18-9-8-16-10-18/h4-12H,1-3H3,(H,17,19). The van der Waals surface area contributed by atoms with E-state index in [0.717, 1.165) is 17.5 Å². The van der Waals surface area contributed by atoms with Gasteiger partial charge < -0.3 is 9.88 Å². The number of carbonyl (C=O) groups excluding carboxylic acids is 1. The molecule has 0 saturated carbocycles. The topological polar surface area (TPSA) is 81.1 Å². The van der Waals surface area contributed by atoms with Gasteiger partial charge in [0.15, 0.2) is 9.84 Å². The number of aromatic nitrogens is 2. The van der Waals surface area contributed by atoms with Crippen molar-refractivity contribution in [1.82, 2.24) is 14.9 Å². The zero-order valence-corrected chi connectivity index (χ0v) is 13.5. The van der Waals surface area contributed by atoms with Crippen LogP contribution in [0.1, 0.15) is 25.5 Å². The molecule has 0 aliphatic rings. The summed E-state index contributed by atoms with van der Waals surface area (Å²) in [6, 6.07) is 7.35. The molecule has 0 saturated heterocycles. The van der Waals surface area contributed by atoms with Crippen molar-refractivity contribution < 1.29 is 13.2 Å². The Labute approximate surface area is 130 Å². The average molecular weight is 321 g/mol. The molecular weight excluding hydrogens is 302 g/mol. The SMILES string of the molecule is CC(NC(=O)C(C)S(C)(=O)=O)c1ccc(-n2ccnc2)cc1. The Morgan fingerprint density at radius 3 is 2.36 bits per heavy atom. The Bertz CT molecular complexity index is 737. The molecule has 6 nitrogen and oxygen atoms in total. The second-order valence-corrected chi connectivity index (χ2v) is 7.63. The first-order valence-electron chi connectivity index (χ1n) is 6.86. The van der Waals surface area contributed by atoms with Crippen molar-refractivity contribution in [3.05, 3.63) is 48.5 Å². The highest BCUT2D eigenvalue weighted by atomic mass is 32.2. The van der Waals surface area contributed by atoms with Gasteiger partial charge >= 0.3 is 0 Å². The third-order valence-corrected chi connectivity index (χ3v) is 5.06. The van der Waals surface area contributed by atoms with Gasteiger partial charge in [-0.3, -0.25) is 4.79 Å². The molecule has 0 radical (unpaired) electrons. The number of amides is 1. The predicted octanol–water partition coefficient (Wildman–Crippen LogP) is 1.48. The quantitative estimate of drug-likeness (QED) is 0.904. The zero-order valence-electron chi connectivity index (χ0n) is 12.7. The molecule has 1 heterocycles. The van der Waals surface area contributed by atoms with E-state index in [9.17, 15) is 13.2 Å². The van der Waals surface area contributed by atoms with Gasteiger partial charge in [-0.25, -0.2) is 13.4 Å². The van der Waals surface area contributed by atoms with Crippen LogP contribution in [-0.4, -0.2) is 35.4 Å². The molecule has 0 spiro atoms. The van der Waals surface area contributed by atoms with E-state index in [1.807, 2.05) is 42.0 Å². The lowest BCUT2D eigenvalue weighted by atomic mass is 10.1. The summed E-state index contributed by atoms with van der Waals surface area (Å²) in [6.45, 7) is 3.21. The first kappa shape index (κ1) is 16.2. The Balaban J connectivity index is 2.07. The number of rotatable bonds is 5. The van der Waals surface area contributed by atoms with Crippen LogP contribution < -0.4 is 5.32 Å². The lowest BCUT2D eigenvalue weighted by Gasteiger charge is -2.17. The molecule has 22 heavy (non-hydrogen) atoms. The van der Waals surface area contributed by atoms with Crippen molar-refractivity contribution >= 4 is 15.7 Å². The van der Waals surface area contributed by atoms with Crippen molar-refractivity contribution in [2.45, 2.75) is 25.1 Å². The monoisotopic (exact) mass is 321 g/mol. The first-order valence-corrected chi connectivity index (χ1v) is 8.82. The van der Waals surface area contributed by atoms with Crippen molar-refractivity contribution in [3.63, 3.8) is 0 Å². The Morgan fingerprint density at radius 1 is 1.23 bits per heavy atom. The fourth-order valence-electron chi connectivity index (χ4n) is 1.96. The normalized spacial score (nSPS) is 14.3. The fourth-order valence-corrected chi connectivity index (χ4v) is 2.41. The Hall–Kier alpha value is -2.15. The minimum Gasteiger partial charge on any atom is -0.348 e. The van der Waals surface area contributed by atoms with E-state index in [0.29, 0.717) is 0 Å². The summed E-state index contributed by atoms with van der Waals surface area (Å²) < 4.78 is 24.7. The molecule has 2 unspecified atom stereocenters. The molecule has 1 amide bonds. The van der Waals surface area contributed by atoms with Gasteiger partial charge in [-0.15, -0.1) is 0 Å². The molecular formula is C15H19N3O3S. The summed E-state index contributed by atoms with van der Waals surface area (Å²) in [4.78, 5) is 15.9. The number of sulfone groups is 1. The summed E-state index contributed by atoms with van der Waals surface area (Å²) in [5, 5.41) is 1.66. The van der Waals surface area contributed by atoms with Crippen molar-refractivity contribution in [1.29, 1.82) is 0 Å². The number of nitrogens with zero attached hydrogens (tertiary/aromatic N) is 2. The smallest absolute Gasteiger partial charge is 0.238 e. The van der Waals surface area contributed by atoms with Crippen LogP contribution in [0.3, 0.4) is 0 Å². The van der Waals surface area contributed by atoms with E-state index in [-0.39, 0.29) is 6.04 Å². The van der Waals surface area contributed by atoms with Gasteiger partial charge in [0.1, 0.15) is 5.25 Å². The molecule has 7 heteroatoms. The minimum atomic E-state index is -3.39. The predicted molar refractivity (Wildman–Crippen MR) is 84.4 cm³/mol. The fraction of sp³-hybridized carbons (Fsp3) is 0.333. The van der Waals surface area contributed by atoms with Crippen LogP contribution in [-0.2, 0) is 14.6 Å². The maximum absolute atomic E-state index is 11.9. The third-order valence-electron chi connectivity index (χ3n) is 3.57.